The normalized spacial score (nSPS) is 18.8. The van der Waals surface area contributed by atoms with Gasteiger partial charge in [-0.3, -0.25) is 4.79 Å². The van der Waals surface area contributed by atoms with Crippen LogP contribution in [0.5, 0.6) is 0 Å². The van der Waals surface area contributed by atoms with E-state index in [0.29, 0.717) is 79.3 Å². The quantitative estimate of drug-likeness (QED) is 0.333. The minimum atomic E-state index is -4.44. The van der Waals surface area contributed by atoms with Gasteiger partial charge in [-0.15, -0.1) is 0 Å². The number of aromatic nitrogens is 2. The number of nitrogens with zero attached hydrogens (tertiary/aromatic N) is 4. The molecule has 4 aromatic rings. The second-order valence-corrected chi connectivity index (χ2v) is 11.5. The van der Waals surface area contributed by atoms with E-state index in [9.17, 15) is 22.2 Å². The van der Waals surface area contributed by atoms with Crippen LogP contribution in [0.3, 0.4) is 0 Å². The average Bonchev–Trinajstić information content (AvgIpc) is 3.67. The van der Waals surface area contributed by atoms with Gasteiger partial charge in [-0.05, 0) is 37.1 Å². The molecule has 2 fully saturated rings. The third-order valence-corrected chi connectivity index (χ3v) is 8.72. The van der Waals surface area contributed by atoms with Gasteiger partial charge < -0.3 is 19.4 Å². The van der Waals surface area contributed by atoms with E-state index in [4.69, 9.17) is 9.15 Å². The number of benzene rings is 2. The SMILES string of the molecule is O=C(NCc1cc(-c2ccc(C(F)(F)F)cc2)nc(N2CCOCC2)n1)[C@@H]1CCCN1S(=O)c1cc2ccccc2o1. The Balaban J connectivity index is 1.20. The Bertz CT molecular complexity index is 1570. The van der Waals surface area contributed by atoms with Gasteiger partial charge in [0.2, 0.25) is 16.9 Å². The summed E-state index contributed by atoms with van der Waals surface area (Å²) < 4.78 is 65.5. The van der Waals surface area contributed by atoms with Gasteiger partial charge in [-0.1, -0.05) is 30.3 Å². The summed E-state index contributed by atoms with van der Waals surface area (Å²) in [6, 6.07) is 14.9. The van der Waals surface area contributed by atoms with Crippen LogP contribution in [0.1, 0.15) is 24.1 Å². The number of hydrogen-bond donors (Lipinski definition) is 1. The molecule has 0 radical (unpaired) electrons. The van der Waals surface area contributed by atoms with E-state index in [2.05, 4.69) is 15.3 Å². The zero-order chi connectivity index (χ0) is 29.3. The monoisotopic (exact) mass is 599 g/mol. The lowest BCUT2D eigenvalue weighted by molar-refractivity contribution is -0.137. The molecule has 2 aliphatic heterocycles. The molecule has 9 nitrogen and oxygen atoms in total. The zero-order valence-electron chi connectivity index (χ0n) is 22.5. The fourth-order valence-electron chi connectivity index (χ4n) is 5.11. The largest absolute Gasteiger partial charge is 0.446 e. The van der Waals surface area contributed by atoms with E-state index in [1.165, 1.54) is 12.1 Å². The fraction of sp³-hybridized carbons (Fsp3) is 0.345. The Morgan fingerprint density at radius 2 is 1.79 bits per heavy atom. The lowest BCUT2D eigenvalue weighted by atomic mass is 10.1. The molecule has 2 aromatic carbocycles. The zero-order valence-corrected chi connectivity index (χ0v) is 23.3. The van der Waals surface area contributed by atoms with Crippen LogP contribution in [0.25, 0.3) is 22.2 Å². The van der Waals surface area contributed by atoms with E-state index in [-0.39, 0.29) is 12.5 Å². The molecule has 2 atom stereocenters. The number of furan rings is 1. The molecule has 13 heteroatoms. The molecule has 4 heterocycles. The van der Waals surface area contributed by atoms with Crippen LogP contribution < -0.4 is 10.2 Å². The van der Waals surface area contributed by atoms with Crippen LogP contribution in [-0.4, -0.2) is 63.3 Å². The molecular formula is C29H28F3N5O4S. The first-order valence-electron chi connectivity index (χ1n) is 13.6. The summed E-state index contributed by atoms with van der Waals surface area (Å²) >= 11 is 0. The summed E-state index contributed by atoms with van der Waals surface area (Å²) in [5.41, 5.74) is 1.32. The van der Waals surface area contributed by atoms with Crippen molar-refractivity contribution in [3.63, 3.8) is 0 Å². The number of hydrogen-bond acceptors (Lipinski definition) is 7. The predicted molar refractivity (Wildman–Crippen MR) is 150 cm³/mol. The first kappa shape index (κ1) is 28.3. The van der Waals surface area contributed by atoms with Crippen molar-refractivity contribution in [3.8, 4) is 11.3 Å². The van der Waals surface area contributed by atoms with Gasteiger partial charge in [-0.2, -0.15) is 13.2 Å². The summed E-state index contributed by atoms with van der Waals surface area (Å²) in [7, 11) is -1.65. The molecule has 2 aliphatic rings. The minimum absolute atomic E-state index is 0.0634. The standard InChI is InChI=1S/C29H28F3N5O4S/c30-29(31,32)21-9-7-19(8-10-21)23-17-22(34-28(35-23)36-12-14-40-15-13-36)18-33-27(38)24-5-3-11-37(24)42(39)26-16-20-4-1-2-6-25(20)41-26/h1-2,4,6-10,16-17,24H,3,5,11-15,18H2,(H,33,38)/t24-,42?/m0/s1. The number of carbonyl (C=O) groups excluding carboxylic acids is 1. The molecule has 0 saturated carbocycles. The molecule has 2 aromatic heterocycles. The number of carbonyl (C=O) groups is 1. The van der Waals surface area contributed by atoms with Gasteiger partial charge in [0.05, 0.1) is 36.7 Å². The summed E-state index contributed by atoms with van der Waals surface area (Å²) in [5, 5.41) is 4.05. The van der Waals surface area contributed by atoms with Gasteiger partial charge in [-0.25, -0.2) is 18.5 Å². The highest BCUT2D eigenvalue weighted by Crippen LogP contribution is 2.31. The number of halogens is 3. The molecule has 220 valence electrons. The summed E-state index contributed by atoms with van der Waals surface area (Å²) in [6.07, 6.45) is -3.20. The maximum atomic E-state index is 13.4. The van der Waals surface area contributed by atoms with Crippen LogP contribution in [-0.2, 0) is 33.2 Å². The van der Waals surface area contributed by atoms with E-state index in [1.54, 1.807) is 22.5 Å². The first-order valence-corrected chi connectivity index (χ1v) is 14.7. The number of ether oxygens (including phenoxy) is 1. The highest BCUT2D eigenvalue weighted by molar-refractivity contribution is 7.82. The number of anilines is 1. The fourth-order valence-corrected chi connectivity index (χ4v) is 6.46. The van der Waals surface area contributed by atoms with Crippen molar-refractivity contribution in [1.29, 1.82) is 0 Å². The number of alkyl halides is 3. The number of morpholine rings is 1. The van der Waals surface area contributed by atoms with E-state index < -0.39 is 28.8 Å². The highest BCUT2D eigenvalue weighted by atomic mass is 32.2. The molecule has 2 saturated heterocycles. The van der Waals surface area contributed by atoms with Crippen molar-refractivity contribution in [2.75, 3.05) is 37.7 Å². The molecule has 42 heavy (non-hydrogen) atoms. The topological polar surface area (TPSA) is 101 Å². The molecule has 6 rings (SSSR count). The summed E-state index contributed by atoms with van der Waals surface area (Å²) in [4.78, 5) is 24.5. The average molecular weight is 600 g/mol. The number of amides is 1. The number of nitrogens with one attached hydrogen (secondary N) is 1. The molecular weight excluding hydrogens is 571 g/mol. The maximum absolute atomic E-state index is 13.4. The van der Waals surface area contributed by atoms with E-state index >= 15 is 0 Å². The van der Waals surface area contributed by atoms with Crippen LogP contribution in [0.2, 0.25) is 0 Å². The van der Waals surface area contributed by atoms with E-state index in [0.717, 1.165) is 17.5 Å². The second-order valence-electron chi connectivity index (χ2n) is 10.1. The Kier molecular flexibility index (Phi) is 7.97. The molecule has 0 bridgehead atoms. The Morgan fingerprint density at radius 3 is 2.52 bits per heavy atom. The van der Waals surface area contributed by atoms with Crippen molar-refractivity contribution >= 4 is 33.8 Å². The Morgan fingerprint density at radius 1 is 1.02 bits per heavy atom. The Labute approximate surface area is 242 Å². The van der Waals surface area contributed by atoms with Crippen LogP contribution in [0, 0.1) is 0 Å². The molecule has 1 N–H and O–H groups in total. The van der Waals surface area contributed by atoms with Gasteiger partial charge in [0.1, 0.15) is 11.6 Å². The predicted octanol–water partition coefficient (Wildman–Crippen LogP) is 4.55. The smallest absolute Gasteiger partial charge is 0.416 e. The lowest BCUT2D eigenvalue weighted by Crippen LogP contribution is -2.43. The van der Waals surface area contributed by atoms with E-state index in [1.807, 2.05) is 23.1 Å². The van der Waals surface area contributed by atoms with Crippen molar-refractivity contribution in [1.82, 2.24) is 19.6 Å². The molecule has 1 unspecified atom stereocenters. The van der Waals surface area contributed by atoms with Crippen molar-refractivity contribution in [2.24, 2.45) is 0 Å². The minimum Gasteiger partial charge on any atom is -0.446 e. The molecule has 0 spiro atoms. The number of rotatable bonds is 7. The van der Waals surface area contributed by atoms with Crippen molar-refractivity contribution in [2.45, 2.75) is 36.7 Å². The number of para-hydroxylation sites is 1. The summed E-state index contributed by atoms with van der Waals surface area (Å²) in [6.45, 7) is 2.67. The Hall–Kier alpha value is -3.81. The van der Waals surface area contributed by atoms with Crippen LogP contribution >= 0.6 is 0 Å². The second kappa shape index (κ2) is 11.8. The van der Waals surface area contributed by atoms with Gasteiger partial charge in [0.15, 0.2) is 11.0 Å². The van der Waals surface area contributed by atoms with Gasteiger partial charge in [0.25, 0.3) is 0 Å². The van der Waals surface area contributed by atoms with Gasteiger partial charge >= 0.3 is 6.18 Å². The highest BCUT2D eigenvalue weighted by Gasteiger charge is 2.36. The van der Waals surface area contributed by atoms with Crippen LogP contribution in [0.15, 0.2) is 70.2 Å². The first-order chi connectivity index (χ1) is 20.3. The summed E-state index contributed by atoms with van der Waals surface area (Å²) in [5.74, 6) is 0.119. The molecule has 1 amide bonds. The lowest BCUT2D eigenvalue weighted by Gasteiger charge is -2.27. The molecule has 0 aliphatic carbocycles. The van der Waals surface area contributed by atoms with Crippen molar-refractivity contribution < 1.29 is 31.3 Å². The maximum Gasteiger partial charge on any atom is 0.416 e. The third kappa shape index (κ3) is 6.03. The third-order valence-electron chi connectivity index (χ3n) is 7.31. The van der Waals surface area contributed by atoms with Crippen LogP contribution in [0.4, 0.5) is 19.1 Å². The van der Waals surface area contributed by atoms with Gasteiger partial charge in [0, 0.05) is 36.7 Å². The number of fused-ring (bicyclic) bond motifs is 1. The van der Waals surface area contributed by atoms with Crippen molar-refractivity contribution in [3.05, 3.63) is 71.9 Å².